The maximum absolute atomic E-state index is 13.1. The molecular formula is C26H25FN4O4. The number of likely N-dealkylation sites (N-methyl/N-ethyl adjacent to an activating group) is 1. The number of hydrogen-bond acceptors (Lipinski definition) is 6. The van der Waals surface area contributed by atoms with Crippen LogP contribution in [0.1, 0.15) is 39.2 Å². The van der Waals surface area contributed by atoms with Gasteiger partial charge in [-0.15, -0.1) is 0 Å². The highest BCUT2D eigenvalue weighted by molar-refractivity contribution is 5.95. The first-order valence-corrected chi connectivity index (χ1v) is 11.2. The Morgan fingerprint density at radius 3 is 2.46 bits per heavy atom. The molecule has 2 amide bonds. The first kappa shape index (κ1) is 23.9. The summed E-state index contributed by atoms with van der Waals surface area (Å²) in [7, 11) is 1.66. The van der Waals surface area contributed by atoms with Crippen molar-refractivity contribution in [2.24, 2.45) is 0 Å². The van der Waals surface area contributed by atoms with Crippen LogP contribution in [0.15, 0.2) is 75.9 Å². The van der Waals surface area contributed by atoms with Crippen LogP contribution in [-0.4, -0.2) is 46.5 Å². The number of carbonyl (C=O) groups excluding carboxylic acids is 2. The summed E-state index contributed by atoms with van der Waals surface area (Å²) in [6.07, 6.45) is 2.60. The SMILES string of the molecule is C[C@H](Cc1ccco1)NC(=O)c1ccc(-c2nc(CCN(C)C(=O)c3ccc(F)cc3)no2)cc1. The van der Waals surface area contributed by atoms with Gasteiger partial charge >= 0.3 is 0 Å². The molecule has 1 atom stereocenters. The van der Waals surface area contributed by atoms with Crippen LogP contribution in [0.3, 0.4) is 0 Å². The Labute approximate surface area is 201 Å². The summed E-state index contributed by atoms with van der Waals surface area (Å²) in [5.41, 5.74) is 1.60. The van der Waals surface area contributed by atoms with Gasteiger partial charge in [0.25, 0.3) is 17.7 Å². The van der Waals surface area contributed by atoms with Crippen molar-refractivity contribution in [2.75, 3.05) is 13.6 Å². The van der Waals surface area contributed by atoms with E-state index in [-0.39, 0.29) is 17.9 Å². The van der Waals surface area contributed by atoms with Crippen LogP contribution in [0, 0.1) is 5.82 Å². The number of aromatic nitrogens is 2. The second-order valence-electron chi connectivity index (χ2n) is 8.23. The summed E-state index contributed by atoms with van der Waals surface area (Å²) < 4.78 is 23.7. The maximum Gasteiger partial charge on any atom is 0.257 e. The molecule has 2 aromatic carbocycles. The number of halogens is 1. The standard InChI is InChI=1S/C26H25FN4O4/c1-17(16-22-4-3-15-34-22)28-24(32)18-5-7-19(8-6-18)25-29-23(30-35-25)13-14-31(2)26(33)20-9-11-21(27)12-10-20/h3-12,15,17H,13-14,16H2,1-2H3,(H,28,32)/t17-/m1/s1. The third-order valence-electron chi connectivity index (χ3n) is 5.44. The quantitative estimate of drug-likeness (QED) is 0.390. The molecular weight excluding hydrogens is 451 g/mol. The van der Waals surface area contributed by atoms with Gasteiger partial charge in [0.2, 0.25) is 0 Å². The number of rotatable bonds is 9. The van der Waals surface area contributed by atoms with Gasteiger partial charge in [0.15, 0.2) is 5.82 Å². The lowest BCUT2D eigenvalue weighted by atomic mass is 10.1. The van der Waals surface area contributed by atoms with Crippen molar-refractivity contribution in [1.82, 2.24) is 20.4 Å². The molecule has 0 radical (unpaired) electrons. The van der Waals surface area contributed by atoms with Crippen LogP contribution in [0.5, 0.6) is 0 Å². The molecule has 0 bridgehead atoms. The zero-order valence-corrected chi connectivity index (χ0v) is 19.4. The van der Waals surface area contributed by atoms with E-state index in [0.29, 0.717) is 47.8 Å². The van der Waals surface area contributed by atoms with Gasteiger partial charge in [0.05, 0.1) is 6.26 Å². The Balaban J connectivity index is 1.30. The first-order valence-electron chi connectivity index (χ1n) is 11.2. The maximum atomic E-state index is 13.1. The lowest BCUT2D eigenvalue weighted by Crippen LogP contribution is -2.33. The molecule has 0 aliphatic heterocycles. The molecule has 180 valence electrons. The molecule has 35 heavy (non-hydrogen) atoms. The lowest BCUT2D eigenvalue weighted by molar-refractivity contribution is 0.0795. The van der Waals surface area contributed by atoms with Gasteiger partial charge < -0.3 is 19.2 Å². The van der Waals surface area contributed by atoms with Crippen LogP contribution < -0.4 is 5.32 Å². The average molecular weight is 477 g/mol. The van der Waals surface area contributed by atoms with Crippen LogP contribution in [0.2, 0.25) is 0 Å². The zero-order chi connectivity index (χ0) is 24.8. The van der Waals surface area contributed by atoms with Crippen LogP contribution in [-0.2, 0) is 12.8 Å². The average Bonchev–Trinajstić information content (AvgIpc) is 3.55. The smallest absolute Gasteiger partial charge is 0.257 e. The van der Waals surface area contributed by atoms with E-state index in [1.165, 1.54) is 29.2 Å². The van der Waals surface area contributed by atoms with E-state index in [0.717, 1.165) is 5.76 Å². The van der Waals surface area contributed by atoms with Crippen LogP contribution in [0.25, 0.3) is 11.5 Å². The largest absolute Gasteiger partial charge is 0.469 e. The Morgan fingerprint density at radius 1 is 1.06 bits per heavy atom. The highest BCUT2D eigenvalue weighted by Gasteiger charge is 2.16. The van der Waals surface area contributed by atoms with Gasteiger partial charge in [-0.3, -0.25) is 9.59 Å². The highest BCUT2D eigenvalue weighted by atomic mass is 19.1. The number of benzene rings is 2. The van der Waals surface area contributed by atoms with Gasteiger partial charge in [0, 0.05) is 49.2 Å². The Morgan fingerprint density at radius 2 is 1.77 bits per heavy atom. The molecule has 0 unspecified atom stereocenters. The van der Waals surface area contributed by atoms with Crippen LogP contribution in [0.4, 0.5) is 4.39 Å². The van der Waals surface area contributed by atoms with Crippen molar-refractivity contribution in [2.45, 2.75) is 25.8 Å². The van der Waals surface area contributed by atoms with Crippen molar-refractivity contribution in [3.05, 3.63) is 95.5 Å². The molecule has 4 rings (SSSR count). The Bertz CT molecular complexity index is 1270. The monoisotopic (exact) mass is 476 g/mol. The summed E-state index contributed by atoms with van der Waals surface area (Å²) in [5, 5.41) is 6.93. The van der Waals surface area contributed by atoms with Gasteiger partial charge in [-0.25, -0.2) is 4.39 Å². The van der Waals surface area contributed by atoms with Gasteiger partial charge in [-0.05, 0) is 67.6 Å². The van der Waals surface area contributed by atoms with Crippen molar-refractivity contribution >= 4 is 11.8 Å². The second-order valence-corrected chi connectivity index (χ2v) is 8.23. The zero-order valence-electron chi connectivity index (χ0n) is 19.4. The molecule has 0 spiro atoms. The molecule has 0 saturated heterocycles. The first-order chi connectivity index (χ1) is 16.9. The van der Waals surface area contributed by atoms with Crippen molar-refractivity contribution in [3.63, 3.8) is 0 Å². The van der Waals surface area contributed by atoms with Gasteiger partial charge in [-0.1, -0.05) is 5.16 Å². The molecule has 0 aliphatic rings. The van der Waals surface area contributed by atoms with Crippen LogP contribution >= 0.6 is 0 Å². The normalized spacial score (nSPS) is 11.7. The number of carbonyl (C=O) groups is 2. The van der Waals surface area contributed by atoms with E-state index in [2.05, 4.69) is 15.5 Å². The molecule has 1 N–H and O–H groups in total. The summed E-state index contributed by atoms with van der Waals surface area (Å²) >= 11 is 0. The molecule has 9 heteroatoms. The van der Waals surface area contributed by atoms with E-state index in [9.17, 15) is 14.0 Å². The van der Waals surface area contributed by atoms with Gasteiger partial charge in [-0.2, -0.15) is 4.98 Å². The van der Waals surface area contributed by atoms with E-state index in [1.54, 1.807) is 37.6 Å². The van der Waals surface area contributed by atoms with E-state index in [1.807, 2.05) is 19.1 Å². The second kappa shape index (κ2) is 10.8. The summed E-state index contributed by atoms with van der Waals surface area (Å²) in [6.45, 7) is 2.28. The highest BCUT2D eigenvalue weighted by Crippen LogP contribution is 2.18. The molecule has 2 aromatic heterocycles. The predicted octanol–water partition coefficient (Wildman–Crippen LogP) is 4.14. The summed E-state index contributed by atoms with van der Waals surface area (Å²) in [6, 6.07) is 15.9. The Hall–Kier alpha value is -4.27. The summed E-state index contributed by atoms with van der Waals surface area (Å²) in [4.78, 5) is 30.9. The number of nitrogens with one attached hydrogen (secondary N) is 1. The fraction of sp³-hybridized carbons (Fsp3) is 0.231. The Kier molecular flexibility index (Phi) is 7.35. The third kappa shape index (κ3) is 6.20. The molecule has 4 aromatic rings. The minimum absolute atomic E-state index is 0.0834. The number of amides is 2. The van der Waals surface area contributed by atoms with Crippen molar-refractivity contribution in [1.29, 1.82) is 0 Å². The topological polar surface area (TPSA) is 101 Å². The molecule has 0 aliphatic carbocycles. The number of nitrogens with zero attached hydrogens (tertiary/aromatic N) is 3. The van der Waals surface area contributed by atoms with E-state index in [4.69, 9.17) is 8.94 Å². The summed E-state index contributed by atoms with van der Waals surface area (Å²) in [5.74, 6) is 0.790. The van der Waals surface area contributed by atoms with E-state index >= 15 is 0 Å². The predicted molar refractivity (Wildman–Crippen MR) is 126 cm³/mol. The minimum Gasteiger partial charge on any atom is -0.469 e. The molecule has 2 heterocycles. The fourth-order valence-corrected chi connectivity index (χ4v) is 3.51. The molecule has 0 fully saturated rings. The molecule has 8 nitrogen and oxygen atoms in total. The number of furan rings is 1. The fourth-order valence-electron chi connectivity index (χ4n) is 3.51. The third-order valence-corrected chi connectivity index (χ3v) is 5.44. The van der Waals surface area contributed by atoms with E-state index < -0.39 is 5.82 Å². The molecule has 0 saturated carbocycles. The minimum atomic E-state index is -0.392. The lowest BCUT2D eigenvalue weighted by Gasteiger charge is -2.16. The number of hydrogen-bond donors (Lipinski definition) is 1. The van der Waals surface area contributed by atoms with Crippen molar-refractivity contribution in [3.8, 4) is 11.5 Å². The van der Waals surface area contributed by atoms with Gasteiger partial charge in [0.1, 0.15) is 11.6 Å². The van der Waals surface area contributed by atoms with Crippen molar-refractivity contribution < 1.29 is 22.9 Å².